The van der Waals surface area contributed by atoms with Crippen LogP contribution in [0.15, 0.2) is 23.1 Å². The highest BCUT2D eigenvalue weighted by Gasteiger charge is 2.19. The molecule has 0 saturated carbocycles. The van der Waals surface area contributed by atoms with Crippen molar-refractivity contribution in [2.24, 2.45) is 0 Å². The fourth-order valence-electron chi connectivity index (χ4n) is 1.60. The van der Waals surface area contributed by atoms with Crippen molar-refractivity contribution < 1.29 is 16.8 Å². The molecule has 0 atom stereocenters. The number of benzene rings is 1. The Bertz CT molecular complexity index is 669. The van der Waals surface area contributed by atoms with E-state index in [2.05, 4.69) is 9.44 Å². The smallest absolute Gasteiger partial charge is 0.240 e. The maximum atomic E-state index is 12.2. The SMILES string of the molecule is CCc1ccc(N)cc1S(=O)(=O)NCCS(=O)(=O)NC. The van der Waals surface area contributed by atoms with Crippen molar-refractivity contribution in [3.63, 3.8) is 0 Å². The van der Waals surface area contributed by atoms with Gasteiger partial charge in [-0.3, -0.25) is 0 Å². The summed E-state index contributed by atoms with van der Waals surface area (Å²) in [7, 11) is -5.95. The van der Waals surface area contributed by atoms with Crippen LogP contribution in [0.3, 0.4) is 0 Å². The maximum absolute atomic E-state index is 12.2. The standard InChI is InChI=1S/C11H19N3O4S2/c1-3-9-4-5-10(12)8-11(9)20(17,18)14-6-7-19(15,16)13-2/h4-5,8,13-14H,3,6-7,12H2,1-2H3. The highest BCUT2D eigenvalue weighted by molar-refractivity contribution is 7.90. The number of nitrogen functional groups attached to an aromatic ring is 1. The van der Waals surface area contributed by atoms with E-state index in [0.29, 0.717) is 17.7 Å². The van der Waals surface area contributed by atoms with Crippen molar-refractivity contribution in [2.45, 2.75) is 18.2 Å². The van der Waals surface area contributed by atoms with Gasteiger partial charge in [0.15, 0.2) is 0 Å². The van der Waals surface area contributed by atoms with Crippen LogP contribution >= 0.6 is 0 Å². The monoisotopic (exact) mass is 321 g/mol. The minimum Gasteiger partial charge on any atom is -0.399 e. The molecule has 0 fully saturated rings. The average Bonchev–Trinajstić information content (AvgIpc) is 2.38. The fraction of sp³-hybridized carbons (Fsp3) is 0.455. The second-order valence-corrected chi connectivity index (χ2v) is 7.92. The predicted molar refractivity (Wildman–Crippen MR) is 78.3 cm³/mol. The minimum absolute atomic E-state index is 0.0851. The third-order valence-electron chi connectivity index (χ3n) is 2.74. The lowest BCUT2D eigenvalue weighted by atomic mass is 10.1. The van der Waals surface area contributed by atoms with Gasteiger partial charge in [-0.25, -0.2) is 26.3 Å². The van der Waals surface area contributed by atoms with E-state index in [0.717, 1.165) is 0 Å². The Balaban J connectivity index is 2.92. The molecule has 1 aromatic carbocycles. The molecule has 0 aromatic heterocycles. The second kappa shape index (κ2) is 6.53. The van der Waals surface area contributed by atoms with Crippen LogP contribution in [0.5, 0.6) is 0 Å². The van der Waals surface area contributed by atoms with E-state index in [4.69, 9.17) is 5.73 Å². The van der Waals surface area contributed by atoms with Crippen LogP contribution in [-0.4, -0.2) is 36.2 Å². The van der Waals surface area contributed by atoms with Gasteiger partial charge in [0.1, 0.15) is 0 Å². The summed E-state index contributed by atoms with van der Waals surface area (Å²) in [6, 6.07) is 4.64. The third-order valence-corrected chi connectivity index (χ3v) is 5.64. The molecule has 20 heavy (non-hydrogen) atoms. The van der Waals surface area contributed by atoms with Crippen molar-refractivity contribution in [2.75, 3.05) is 25.1 Å². The van der Waals surface area contributed by atoms with E-state index in [1.54, 1.807) is 12.1 Å². The van der Waals surface area contributed by atoms with E-state index in [9.17, 15) is 16.8 Å². The van der Waals surface area contributed by atoms with Gasteiger partial charge < -0.3 is 5.73 Å². The number of hydrogen-bond donors (Lipinski definition) is 3. The maximum Gasteiger partial charge on any atom is 0.240 e. The van der Waals surface area contributed by atoms with E-state index in [-0.39, 0.29) is 17.2 Å². The second-order valence-electron chi connectivity index (χ2n) is 4.14. The number of nitrogens with two attached hydrogens (primary N) is 1. The zero-order valence-electron chi connectivity index (χ0n) is 11.4. The first kappa shape index (κ1) is 16.9. The van der Waals surface area contributed by atoms with Crippen molar-refractivity contribution in [1.82, 2.24) is 9.44 Å². The molecule has 0 saturated heterocycles. The van der Waals surface area contributed by atoms with Crippen LogP contribution in [0.2, 0.25) is 0 Å². The van der Waals surface area contributed by atoms with E-state index >= 15 is 0 Å². The van der Waals surface area contributed by atoms with Crippen molar-refractivity contribution in [1.29, 1.82) is 0 Å². The topological polar surface area (TPSA) is 118 Å². The number of anilines is 1. The van der Waals surface area contributed by atoms with Gasteiger partial charge in [-0.15, -0.1) is 0 Å². The summed E-state index contributed by atoms with van der Waals surface area (Å²) in [4.78, 5) is 0.0851. The van der Waals surface area contributed by atoms with Gasteiger partial charge in [0.25, 0.3) is 0 Å². The van der Waals surface area contributed by atoms with Gasteiger partial charge in [-0.05, 0) is 31.2 Å². The van der Waals surface area contributed by atoms with E-state index in [1.807, 2.05) is 6.92 Å². The number of rotatable bonds is 7. The van der Waals surface area contributed by atoms with Gasteiger partial charge >= 0.3 is 0 Å². The Morgan fingerprint density at radius 1 is 1.20 bits per heavy atom. The fourth-order valence-corrected chi connectivity index (χ4v) is 3.68. The number of aryl methyl sites for hydroxylation is 1. The molecule has 9 heteroatoms. The molecule has 4 N–H and O–H groups in total. The Morgan fingerprint density at radius 3 is 2.40 bits per heavy atom. The molecule has 1 aromatic rings. The lowest BCUT2D eigenvalue weighted by Crippen LogP contribution is -2.33. The summed E-state index contributed by atoms with van der Waals surface area (Å²) >= 11 is 0. The molecule has 0 aliphatic rings. The molecule has 0 aliphatic heterocycles. The normalized spacial score (nSPS) is 12.5. The Hall–Kier alpha value is -1.16. The molecule has 0 radical (unpaired) electrons. The summed E-state index contributed by atoms with van der Waals surface area (Å²) in [5.74, 6) is -0.327. The van der Waals surface area contributed by atoms with Gasteiger partial charge in [0.2, 0.25) is 20.0 Å². The number of sulfonamides is 2. The van der Waals surface area contributed by atoms with Crippen molar-refractivity contribution in [3.8, 4) is 0 Å². The molecule has 1 rings (SSSR count). The molecule has 0 amide bonds. The van der Waals surface area contributed by atoms with E-state index in [1.165, 1.54) is 13.1 Å². The largest absolute Gasteiger partial charge is 0.399 e. The highest BCUT2D eigenvalue weighted by atomic mass is 32.2. The average molecular weight is 321 g/mol. The van der Waals surface area contributed by atoms with Crippen LogP contribution in [0.1, 0.15) is 12.5 Å². The molecule has 0 aliphatic carbocycles. The van der Waals surface area contributed by atoms with Crippen LogP contribution in [0.25, 0.3) is 0 Å². The quantitative estimate of drug-likeness (QED) is 0.594. The lowest BCUT2D eigenvalue weighted by molar-refractivity contribution is 0.578. The van der Waals surface area contributed by atoms with Gasteiger partial charge in [0.05, 0.1) is 10.6 Å². The zero-order valence-corrected chi connectivity index (χ0v) is 13.0. The highest BCUT2D eigenvalue weighted by Crippen LogP contribution is 2.19. The van der Waals surface area contributed by atoms with Crippen molar-refractivity contribution in [3.05, 3.63) is 23.8 Å². The first-order chi connectivity index (χ1) is 9.22. The van der Waals surface area contributed by atoms with Crippen LogP contribution in [0.4, 0.5) is 5.69 Å². The molecular formula is C11H19N3O4S2. The summed E-state index contributed by atoms with van der Waals surface area (Å²) < 4.78 is 51.2. The van der Waals surface area contributed by atoms with Gasteiger partial charge in [0, 0.05) is 12.2 Å². The van der Waals surface area contributed by atoms with Crippen LogP contribution < -0.4 is 15.2 Å². The Morgan fingerprint density at radius 2 is 1.85 bits per heavy atom. The third kappa shape index (κ3) is 4.44. The summed E-state index contributed by atoms with van der Waals surface area (Å²) in [6.45, 7) is 1.62. The molecular weight excluding hydrogens is 302 g/mol. The molecule has 7 nitrogen and oxygen atoms in total. The summed E-state index contributed by atoms with van der Waals surface area (Å²) in [5.41, 5.74) is 6.57. The first-order valence-electron chi connectivity index (χ1n) is 6.01. The molecule has 0 bridgehead atoms. The molecule has 0 unspecified atom stereocenters. The van der Waals surface area contributed by atoms with Crippen molar-refractivity contribution >= 4 is 25.7 Å². The Kier molecular flexibility index (Phi) is 5.51. The molecule has 0 heterocycles. The first-order valence-corrected chi connectivity index (χ1v) is 9.14. The Labute approximate surface area is 119 Å². The zero-order chi connectivity index (χ0) is 15.4. The van der Waals surface area contributed by atoms with Gasteiger partial charge in [-0.2, -0.15) is 0 Å². The lowest BCUT2D eigenvalue weighted by Gasteiger charge is -2.11. The summed E-state index contributed by atoms with van der Waals surface area (Å²) in [6.07, 6.45) is 0.533. The minimum atomic E-state index is -3.78. The molecule has 114 valence electrons. The van der Waals surface area contributed by atoms with E-state index < -0.39 is 20.0 Å². The summed E-state index contributed by atoms with van der Waals surface area (Å²) in [5, 5.41) is 0. The van der Waals surface area contributed by atoms with Gasteiger partial charge in [-0.1, -0.05) is 13.0 Å². The predicted octanol–water partition coefficient (Wildman–Crippen LogP) is -0.341. The number of hydrogen-bond acceptors (Lipinski definition) is 5. The number of nitrogens with one attached hydrogen (secondary N) is 2. The van der Waals surface area contributed by atoms with Crippen LogP contribution in [0, 0.1) is 0 Å². The molecule has 0 spiro atoms. The van der Waals surface area contributed by atoms with Crippen LogP contribution in [-0.2, 0) is 26.5 Å².